The minimum atomic E-state index is 0.323. The van der Waals surface area contributed by atoms with Crippen LogP contribution in [0, 0.1) is 0 Å². The van der Waals surface area contributed by atoms with Crippen molar-refractivity contribution >= 4 is 11.6 Å². The molecule has 0 radical (unpaired) electrons. The smallest absolute Gasteiger partial charge is 0.0594 e. The van der Waals surface area contributed by atoms with Crippen LogP contribution in [0.15, 0.2) is 24.3 Å². The fourth-order valence-electron chi connectivity index (χ4n) is 2.40. The molecule has 0 saturated heterocycles. The first-order valence-corrected chi connectivity index (χ1v) is 7.14. The van der Waals surface area contributed by atoms with Crippen molar-refractivity contribution < 1.29 is 4.74 Å². The second kappa shape index (κ2) is 6.55. The summed E-state index contributed by atoms with van der Waals surface area (Å²) in [4.78, 5) is 0. The molecule has 1 fully saturated rings. The summed E-state index contributed by atoms with van der Waals surface area (Å²) < 4.78 is 5.51. The summed E-state index contributed by atoms with van der Waals surface area (Å²) in [5, 5.41) is 4.43. The van der Waals surface area contributed by atoms with Gasteiger partial charge < -0.3 is 10.1 Å². The van der Waals surface area contributed by atoms with E-state index in [1.807, 2.05) is 12.1 Å². The van der Waals surface area contributed by atoms with Gasteiger partial charge in [-0.05, 0) is 44.2 Å². The maximum Gasteiger partial charge on any atom is 0.0594 e. The van der Waals surface area contributed by atoms with Gasteiger partial charge in [-0.25, -0.2) is 0 Å². The third-order valence-corrected chi connectivity index (χ3v) is 3.81. The van der Waals surface area contributed by atoms with Gasteiger partial charge >= 0.3 is 0 Å². The normalized spacial score (nSPS) is 23.1. The average Bonchev–Trinajstić information content (AvgIpc) is 2.28. The lowest BCUT2D eigenvalue weighted by Crippen LogP contribution is -2.41. The molecule has 1 N–H and O–H groups in total. The number of hydrogen-bond acceptors (Lipinski definition) is 2. The Bertz CT molecular complexity index is 375. The first-order chi connectivity index (χ1) is 8.66. The standard InChI is InChI=1S/C15H22ClNO/c1-11(2)18-8-7-17-13-9-12(10-13)14-5-3-4-6-15(14)16/h3-6,11-13,17H,7-10H2,1-2H3. The van der Waals surface area contributed by atoms with Gasteiger partial charge in [0.05, 0.1) is 12.7 Å². The molecule has 0 atom stereocenters. The lowest BCUT2D eigenvalue weighted by molar-refractivity contribution is 0.0767. The van der Waals surface area contributed by atoms with E-state index < -0.39 is 0 Å². The Balaban J connectivity index is 1.67. The van der Waals surface area contributed by atoms with Crippen molar-refractivity contribution in [3.8, 4) is 0 Å². The number of rotatable bonds is 6. The maximum atomic E-state index is 6.20. The predicted molar refractivity (Wildman–Crippen MR) is 76.3 cm³/mol. The zero-order valence-corrected chi connectivity index (χ0v) is 11.9. The summed E-state index contributed by atoms with van der Waals surface area (Å²) in [7, 11) is 0. The Hall–Kier alpha value is -0.570. The van der Waals surface area contributed by atoms with E-state index in [4.69, 9.17) is 16.3 Å². The lowest BCUT2D eigenvalue weighted by Gasteiger charge is -2.36. The molecule has 0 aliphatic heterocycles. The van der Waals surface area contributed by atoms with Gasteiger partial charge in [-0.15, -0.1) is 0 Å². The molecule has 0 bridgehead atoms. The lowest BCUT2D eigenvalue weighted by atomic mass is 9.76. The van der Waals surface area contributed by atoms with Gasteiger partial charge in [-0.3, -0.25) is 0 Å². The minimum Gasteiger partial charge on any atom is -0.377 e. The van der Waals surface area contributed by atoms with E-state index in [1.165, 1.54) is 18.4 Å². The van der Waals surface area contributed by atoms with Crippen molar-refractivity contribution in [2.45, 2.75) is 44.8 Å². The van der Waals surface area contributed by atoms with E-state index in [-0.39, 0.29) is 0 Å². The molecule has 1 aliphatic carbocycles. The molecule has 1 aliphatic rings. The maximum absolute atomic E-state index is 6.20. The predicted octanol–water partition coefficient (Wildman–Crippen LogP) is 3.60. The first kappa shape index (κ1) is 13.9. The van der Waals surface area contributed by atoms with Crippen LogP contribution in [0.5, 0.6) is 0 Å². The van der Waals surface area contributed by atoms with Gasteiger partial charge in [0.2, 0.25) is 0 Å². The summed E-state index contributed by atoms with van der Waals surface area (Å²) in [6.45, 7) is 5.87. The van der Waals surface area contributed by atoms with Crippen LogP contribution in [0.25, 0.3) is 0 Å². The Kier molecular flexibility index (Phi) is 5.04. The van der Waals surface area contributed by atoms with Crippen LogP contribution in [0.3, 0.4) is 0 Å². The fourth-order valence-corrected chi connectivity index (χ4v) is 2.69. The van der Waals surface area contributed by atoms with E-state index in [9.17, 15) is 0 Å². The molecule has 18 heavy (non-hydrogen) atoms. The van der Waals surface area contributed by atoms with Crippen molar-refractivity contribution in [1.82, 2.24) is 5.32 Å². The van der Waals surface area contributed by atoms with Gasteiger partial charge in [0.1, 0.15) is 0 Å². The zero-order valence-electron chi connectivity index (χ0n) is 11.2. The van der Waals surface area contributed by atoms with Gasteiger partial charge in [0.25, 0.3) is 0 Å². The summed E-state index contributed by atoms with van der Waals surface area (Å²) in [6, 6.07) is 8.81. The average molecular weight is 268 g/mol. The van der Waals surface area contributed by atoms with Gasteiger partial charge in [0.15, 0.2) is 0 Å². The van der Waals surface area contributed by atoms with Crippen LogP contribution in [0.4, 0.5) is 0 Å². The second-order valence-electron chi connectivity index (χ2n) is 5.26. The number of benzene rings is 1. The third kappa shape index (κ3) is 3.71. The minimum absolute atomic E-state index is 0.323. The Morgan fingerprint density at radius 2 is 2.06 bits per heavy atom. The van der Waals surface area contributed by atoms with Crippen LogP contribution in [-0.4, -0.2) is 25.3 Å². The van der Waals surface area contributed by atoms with Crippen LogP contribution in [0.2, 0.25) is 5.02 Å². The molecule has 0 amide bonds. The van der Waals surface area contributed by atoms with Crippen molar-refractivity contribution in [2.75, 3.05) is 13.2 Å². The topological polar surface area (TPSA) is 21.3 Å². The quantitative estimate of drug-likeness (QED) is 0.795. The fraction of sp³-hybridized carbons (Fsp3) is 0.600. The molecule has 0 spiro atoms. The molecule has 1 aromatic rings. The third-order valence-electron chi connectivity index (χ3n) is 3.47. The molecule has 1 aromatic carbocycles. The van der Waals surface area contributed by atoms with Crippen LogP contribution >= 0.6 is 11.6 Å². The Labute approximate surface area is 115 Å². The van der Waals surface area contributed by atoms with Gasteiger partial charge in [-0.2, -0.15) is 0 Å². The monoisotopic (exact) mass is 267 g/mol. The van der Waals surface area contributed by atoms with Crippen molar-refractivity contribution in [3.63, 3.8) is 0 Å². The van der Waals surface area contributed by atoms with Gasteiger partial charge in [-0.1, -0.05) is 29.8 Å². The highest BCUT2D eigenvalue weighted by Crippen LogP contribution is 2.39. The summed E-state index contributed by atoms with van der Waals surface area (Å²) >= 11 is 6.20. The highest BCUT2D eigenvalue weighted by Gasteiger charge is 2.30. The molecule has 100 valence electrons. The Morgan fingerprint density at radius 3 is 2.72 bits per heavy atom. The molecule has 2 nitrogen and oxygen atoms in total. The number of halogens is 1. The van der Waals surface area contributed by atoms with Crippen LogP contribution in [-0.2, 0) is 4.74 Å². The number of hydrogen-bond donors (Lipinski definition) is 1. The summed E-state index contributed by atoms with van der Waals surface area (Å²) in [5.74, 6) is 0.627. The first-order valence-electron chi connectivity index (χ1n) is 6.76. The number of nitrogens with one attached hydrogen (secondary N) is 1. The van der Waals surface area contributed by atoms with Crippen LogP contribution in [0.1, 0.15) is 38.2 Å². The van der Waals surface area contributed by atoms with E-state index >= 15 is 0 Å². The molecule has 0 aromatic heterocycles. The molecule has 0 heterocycles. The largest absolute Gasteiger partial charge is 0.377 e. The molecule has 2 rings (SSSR count). The van der Waals surface area contributed by atoms with Crippen LogP contribution < -0.4 is 5.32 Å². The van der Waals surface area contributed by atoms with E-state index in [0.717, 1.165) is 18.2 Å². The molecular formula is C15H22ClNO. The molecule has 1 saturated carbocycles. The highest BCUT2D eigenvalue weighted by molar-refractivity contribution is 6.31. The summed E-state index contributed by atoms with van der Waals surface area (Å²) in [6.07, 6.45) is 2.70. The van der Waals surface area contributed by atoms with Gasteiger partial charge in [0, 0.05) is 17.6 Å². The van der Waals surface area contributed by atoms with Crippen molar-refractivity contribution in [3.05, 3.63) is 34.9 Å². The highest BCUT2D eigenvalue weighted by atomic mass is 35.5. The van der Waals surface area contributed by atoms with E-state index in [2.05, 4.69) is 31.3 Å². The van der Waals surface area contributed by atoms with Crippen molar-refractivity contribution in [2.24, 2.45) is 0 Å². The Morgan fingerprint density at radius 1 is 1.33 bits per heavy atom. The van der Waals surface area contributed by atoms with Crippen molar-refractivity contribution in [1.29, 1.82) is 0 Å². The molecule has 0 unspecified atom stereocenters. The SMILES string of the molecule is CC(C)OCCNC1CC(c2ccccc2Cl)C1. The summed E-state index contributed by atoms with van der Waals surface area (Å²) in [5.41, 5.74) is 1.30. The van der Waals surface area contributed by atoms with E-state index in [0.29, 0.717) is 18.1 Å². The second-order valence-corrected chi connectivity index (χ2v) is 5.67. The zero-order chi connectivity index (χ0) is 13.0. The number of ether oxygens (including phenoxy) is 1. The molecule has 3 heteroatoms. The van der Waals surface area contributed by atoms with E-state index in [1.54, 1.807) is 0 Å². The molecular weight excluding hydrogens is 246 g/mol.